The minimum atomic E-state index is 0.0310. The number of fused-ring (bicyclic) bond motifs is 2. The van der Waals surface area contributed by atoms with Crippen LogP contribution >= 0.6 is 0 Å². The number of nitrogens with zero attached hydrogens (tertiary/aromatic N) is 3. The van der Waals surface area contributed by atoms with Crippen molar-refractivity contribution in [2.75, 3.05) is 36.4 Å². The first-order chi connectivity index (χ1) is 16.1. The number of pyridine rings is 1. The number of benzene rings is 2. The van der Waals surface area contributed by atoms with Gasteiger partial charge in [-0.1, -0.05) is 42.5 Å². The molecule has 4 aromatic rings. The predicted molar refractivity (Wildman–Crippen MR) is 138 cm³/mol. The monoisotopic (exact) mass is 438 g/mol. The van der Waals surface area contributed by atoms with Crippen molar-refractivity contribution < 1.29 is 0 Å². The van der Waals surface area contributed by atoms with Gasteiger partial charge in [-0.15, -0.1) is 0 Å². The average molecular weight is 439 g/mol. The Morgan fingerprint density at radius 3 is 2.42 bits per heavy atom. The molecule has 33 heavy (non-hydrogen) atoms. The van der Waals surface area contributed by atoms with Crippen molar-refractivity contribution in [3.8, 4) is 0 Å². The van der Waals surface area contributed by atoms with Crippen LogP contribution in [0.2, 0.25) is 0 Å². The molecule has 168 valence electrons. The number of piperazine rings is 1. The standard InChI is InChI=1S/C28H30N4O/c1-20(2)31-12-14-32(15-13-31)24-17-26-27(30-19-24)11-9-22-8-10-23(16-25(22)28(26)33)29-18-21-6-4-3-5-7-21/h3-11,16-17,19-20,29H,12-15,18H2,1-2H3. The first-order valence-corrected chi connectivity index (χ1v) is 11.7. The normalized spacial score (nSPS) is 14.8. The summed E-state index contributed by atoms with van der Waals surface area (Å²) in [5, 5.41) is 5.76. The van der Waals surface area contributed by atoms with E-state index in [0.29, 0.717) is 23.4 Å². The van der Waals surface area contributed by atoms with E-state index in [-0.39, 0.29) is 5.43 Å². The molecule has 1 N–H and O–H groups in total. The van der Waals surface area contributed by atoms with Crippen LogP contribution in [0.5, 0.6) is 0 Å². The zero-order valence-corrected chi connectivity index (χ0v) is 19.3. The largest absolute Gasteiger partial charge is 0.381 e. The van der Waals surface area contributed by atoms with Gasteiger partial charge in [0, 0.05) is 49.8 Å². The van der Waals surface area contributed by atoms with Crippen LogP contribution in [0.3, 0.4) is 0 Å². The molecule has 5 heteroatoms. The van der Waals surface area contributed by atoms with Gasteiger partial charge < -0.3 is 10.2 Å². The van der Waals surface area contributed by atoms with E-state index in [9.17, 15) is 4.79 Å². The van der Waals surface area contributed by atoms with Crippen LogP contribution in [-0.2, 0) is 6.54 Å². The lowest BCUT2D eigenvalue weighted by atomic mass is 10.1. The molecule has 0 unspecified atom stereocenters. The van der Waals surface area contributed by atoms with Gasteiger partial charge >= 0.3 is 0 Å². The molecule has 2 heterocycles. The van der Waals surface area contributed by atoms with Crippen LogP contribution in [-0.4, -0.2) is 42.1 Å². The Morgan fingerprint density at radius 1 is 0.909 bits per heavy atom. The second-order valence-corrected chi connectivity index (χ2v) is 9.05. The molecule has 0 atom stereocenters. The molecule has 0 spiro atoms. The Labute approximate surface area is 194 Å². The molecule has 5 nitrogen and oxygen atoms in total. The van der Waals surface area contributed by atoms with Crippen LogP contribution < -0.4 is 15.6 Å². The second-order valence-electron chi connectivity index (χ2n) is 9.05. The quantitative estimate of drug-likeness (QED) is 0.481. The van der Waals surface area contributed by atoms with E-state index in [1.54, 1.807) is 0 Å². The van der Waals surface area contributed by atoms with Gasteiger partial charge in [0.25, 0.3) is 0 Å². The van der Waals surface area contributed by atoms with Gasteiger partial charge in [0.15, 0.2) is 5.43 Å². The summed E-state index contributed by atoms with van der Waals surface area (Å²) in [6.45, 7) is 9.16. The summed E-state index contributed by atoms with van der Waals surface area (Å²) in [5.41, 5.74) is 3.94. The topological polar surface area (TPSA) is 48.5 Å². The molecule has 0 amide bonds. The fourth-order valence-corrected chi connectivity index (χ4v) is 4.57. The summed E-state index contributed by atoms with van der Waals surface area (Å²) in [6, 6.07) is 22.8. The number of hydrogen-bond donors (Lipinski definition) is 1. The maximum atomic E-state index is 13.6. The lowest BCUT2D eigenvalue weighted by molar-refractivity contribution is 0.209. The Kier molecular flexibility index (Phi) is 5.97. The highest BCUT2D eigenvalue weighted by atomic mass is 16.1. The summed E-state index contributed by atoms with van der Waals surface area (Å²) in [7, 11) is 0. The van der Waals surface area contributed by atoms with E-state index in [2.05, 4.69) is 46.1 Å². The Bertz CT molecular complexity index is 1330. The van der Waals surface area contributed by atoms with E-state index in [4.69, 9.17) is 0 Å². The van der Waals surface area contributed by atoms with Gasteiger partial charge in [0.2, 0.25) is 0 Å². The van der Waals surface area contributed by atoms with Gasteiger partial charge in [-0.05, 0) is 49.1 Å². The van der Waals surface area contributed by atoms with Crippen LogP contribution in [0, 0.1) is 0 Å². The Balaban J connectivity index is 1.48. The van der Waals surface area contributed by atoms with Crippen LogP contribution in [0.25, 0.3) is 21.7 Å². The van der Waals surface area contributed by atoms with Crippen LogP contribution in [0.15, 0.2) is 77.7 Å². The van der Waals surface area contributed by atoms with E-state index in [0.717, 1.165) is 48.5 Å². The summed E-state index contributed by atoms with van der Waals surface area (Å²) in [6.07, 6.45) is 1.91. The Hall–Kier alpha value is -3.44. The highest BCUT2D eigenvalue weighted by Gasteiger charge is 2.19. The molecule has 1 aromatic heterocycles. The van der Waals surface area contributed by atoms with Crippen molar-refractivity contribution in [1.82, 2.24) is 9.88 Å². The fraction of sp³-hybridized carbons (Fsp3) is 0.286. The second kappa shape index (κ2) is 9.20. The van der Waals surface area contributed by atoms with Crippen molar-refractivity contribution in [1.29, 1.82) is 0 Å². The molecule has 5 rings (SSSR count). The van der Waals surface area contributed by atoms with Gasteiger partial charge in [0.05, 0.1) is 22.8 Å². The number of hydrogen-bond acceptors (Lipinski definition) is 5. The van der Waals surface area contributed by atoms with Crippen molar-refractivity contribution in [2.24, 2.45) is 0 Å². The fourth-order valence-electron chi connectivity index (χ4n) is 4.57. The van der Waals surface area contributed by atoms with Crippen molar-refractivity contribution >= 4 is 33.1 Å². The molecule has 1 aliphatic heterocycles. The molecular weight excluding hydrogens is 408 g/mol. The summed E-state index contributed by atoms with van der Waals surface area (Å²) in [5.74, 6) is 0. The molecule has 0 bridgehead atoms. The van der Waals surface area contributed by atoms with Crippen molar-refractivity contribution in [3.05, 3.63) is 88.7 Å². The summed E-state index contributed by atoms with van der Waals surface area (Å²) < 4.78 is 0. The van der Waals surface area contributed by atoms with Gasteiger partial charge in [-0.25, -0.2) is 0 Å². The molecule has 1 aliphatic rings. The zero-order chi connectivity index (χ0) is 22.8. The lowest BCUT2D eigenvalue weighted by Crippen LogP contribution is -2.48. The third-order valence-corrected chi connectivity index (χ3v) is 6.62. The highest BCUT2D eigenvalue weighted by molar-refractivity contribution is 5.94. The first kappa shape index (κ1) is 21.4. The molecule has 1 fully saturated rings. The average Bonchev–Trinajstić information content (AvgIpc) is 2.99. The lowest BCUT2D eigenvalue weighted by Gasteiger charge is -2.38. The number of rotatable bonds is 5. The number of nitrogens with one attached hydrogen (secondary N) is 1. The molecule has 0 saturated carbocycles. The van der Waals surface area contributed by atoms with E-state index >= 15 is 0 Å². The highest BCUT2D eigenvalue weighted by Crippen LogP contribution is 2.23. The van der Waals surface area contributed by atoms with Crippen LogP contribution in [0.4, 0.5) is 11.4 Å². The van der Waals surface area contributed by atoms with E-state index in [1.807, 2.05) is 60.8 Å². The maximum Gasteiger partial charge on any atom is 0.195 e. The number of anilines is 2. The van der Waals surface area contributed by atoms with Gasteiger partial charge in [-0.2, -0.15) is 0 Å². The summed E-state index contributed by atoms with van der Waals surface area (Å²) in [4.78, 5) is 23.1. The third kappa shape index (κ3) is 4.55. The SMILES string of the molecule is CC(C)N1CCN(c2cnc3ccc4ccc(NCc5ccccc5)cc4c(=O)c3c2)CC1. The Morgan fingerprint density at radius 2 is 1.67 bits per heavy atom. The minimum Gasteiger partial charge on any atom is -0.381 e. The smallest absolute Gasteiger partial charge is 0.195 e. The van der Waals surface area contributed by atoms with Crippen molar-refractivity contribution in [2.45, 2.75) is 26.4 Å². The molecule has 3 aromatic carbocycles. The van der Waals surface area contributed by atoms with E-state index in [1.165, 1.54) is 5.56 Å². The summed E-state index contributed by atoms with van der Waals surface area (Å²) >= 11 is 0. The molecule has 0 aliphatic carbocycles. The molecule has 0 radical (unpaired) electrons. The minimum absolute atomic E-state index is 0.0310. The molecular formula is C28H30N4O. The van der Waals surface area contributed by atoms with E-state index < -0.39 is 0 Å². The van der Waals surface area contributed by atoms with Crippen LogP contribution in [0.1, 0.15) is 19.4 Å². The first-order valence-electron chi connectivity index (χ1n) is 11.7. The maximum absolute atomic E-state index is 13.6. The van der Waals surface area contributed by atoms with Crippen molar-refractivity contribution in [3.63, 3.8) is 0 Å². The zero-order valence-electron chi connectivity index (χ0n) is 19.3. The van der Waals surface area contributed by atoms with Gasteiger partial charge in [0.1, 0.15) is 0 Å². The molecule has 1 saturated heterocycles. The number of aromatic nitrogens is 1. The van der Waals surface area contributed by atoms with Gasteiger partial charge in [-0.3, -0.25) is 14.7 Å². The predicted octanol–water partition coefficient (Wildman–Crippen LogP) is 4.89. The third-order valence-electron chi connectivity index (χ3n) is 6.62.